The Morgan fingerprint density at radius 3 is 1.31 bits per heavy atom. The smallest absolute Gasteiger partial charge is 0.229 e. The maximum absolute atomic E-state index is 11.5. The Morgan fingerprint density at radius 1 is 0.557 bits per heavy atom. The van der Waals surface area contributed by atoms with E-state index in [1.807, 2.05) is 23.0 Å². The summed E-state index contributed by atoms with van der Waals surface area (Å²) in [6.45, 7) is 7.22. The van der Waals surface area contributed by atoms with Gasteiger partial charge in [-0.2, -0.15) is 49.9 Å². The molecule has 3 saturated carbocycles. The van der Waals surface area contributed by atoms with Crippen molar-refractivity contribution in [1.82, 2.24) is 78.8 Å². The molecule has 5 fully saturated rings. The van der Waals surface area contributed by atoms with Gasteiger partial charge in [0.2, 0.25) is 11.9 Å². The van der Waals surface area contributed by atoms with Gasteiger partial charge >= 0.3 is 0 Å². The minimum Gasteiger partial charge on any atom is -0.388 e. The third-order valence-corrected chi connectivity index (χ3v) is 16.0. The zero-order chi connectivity index (χ0) is 48.5. The fraction of sp³-hybridized carbons (Fsp3) is 0.696. The second-order valence-electron chi connectivity index (χ2n) is 20.7. The molecule has 24 heteroatoms. The Labute approximate surface area is 406 Å². The van der Waals surface area contributed by atoms with Gasteiger partial charge < -0.3 is 59.8 Å². The summed E-state index contributed by atoms with van der Waals surface area (Å²) in [6, 6.07) is -1.10. The molecule has 3 aliphatic carbocycles. The van der Waals surface area contributed by atoms with E-state index in [0.717, 1.165) is 88.9 Å². The maximum atomic E-state index is 11.5. The molecule has 11 rings (SSSR count). The standard InChI is InChI=1S/C46H68N20O4/c1-7-25-19-49-65(57-25)33-17-31(37(67)39(33)69)63-23-47-35-41(53-45(55-43(35)63)61-15-13-29(21-61)59(3)4)51-27-9-11-28(12-10-27)52-42-36-44(56-46(54-42)62-16-14-30(22-62)60(5)6)64(24-48-36)32-18-34(40(70)38(32)68)66-50-20-26(8-2)58-66/h19-20,23-24,27-34,37-40,67-70H,7-18,21-22H2,1-6H3,(H,51,53,55)(H,52,54,56)/t27?,28?,29?,30?,31-,32-,33+,34+,37+,38+,39-,40-/m1/s1. The molecule has 2 saturated heterocycles. The van der Waals surface area contributed by atoms with Gasteiger partial charge in [-0.15, -0.1) is 0 Å². The second-order valence-corrected chi connectivity index (χ2v) is 20.7. The van der Waals surface area contributed by atoms with Gasteiger partial charge in [0.15, 0.2) is 34.0 Å². The number of rotatable bonds is 14. The first-order chi connectivity index (χ1) is 33.8. The van der Waals surface area contributed by atoms with Crippen molar-refractivity contribution in [3.63, 3.8) is 0 Å². The highest BCUT2D eigenvalue weighted by molar-refractivity contribution is 5.86. The molecule has 0 radical (unpaired) electrons. The lowest BCUT2D eigenvalue weighted by Crippen LogP contribution is -2.34. The van der Waals surface area contributed by atoms with Crippen molar-refractivity contribution in [2.75, 3.05) is 74.8 Å². The quantitative estimate of drug-likeness (QED) is 0.0896. The van der Waals surface area contributed by atoms with Crippen LogP contribution in [0.1, 0.15) is 101 Å². The van der Waals surface area contributed by atoms with Gasteiger partial charge in [0.05, 0.1) is 48.5 Å². The molecule has 70 heavy (non-hydrogen) atoms. The molecule has 0 spiro atoms. The number of aliphatic hydroxyl groups excluding tert-OH is 4. The SMILES string of the molecule is CCc1cnn([C@H]2C[C@@H](n3cnc4c(NC5CCC(Nc6nc(N7CCC(N(C)C)C7)nc7c6ncn7[C@@H]6C[C@H](n7ncc(CC)n7)[C@@H](O)[C@H]6O)CC5)nc(N5CCC(N(C)C)C5)nc43)[C@H](O)[C@@H]2O)n1. The van der Waals surface area contributed by atoms with Gasteiger partial charge in [-0.1, -0.05) is 13.8 Å². The van der Waals surface area contributed by atoms with Gasteiger partial charge in [0, 0.05) is 50.3 Å². The minimum absolute atomic E-state index is 0.0952. The Balaban J connectivity index is 0.843. The fourth-order valence-electron chi connectivity index (χ4n) is 11.5. The normalized spacial score (nSPS) is 30.6. The number of likely N-dealkylation sites (N-methyl/N-ethyl adjacent to an activating group) is 2. The average molecular weight is 965 g/mol. The molecular formula is C46H68N20O4. The molecule has 0 amide bonds. The molecule has 2 unspecified atom stereocenters. The minimum atomic E-state index is -1.08. The van der Waals surface area contributed by atoms with Gasteiger partial charge in [0.25, 0.3) is 0 Å². The van der Waals surface area contributed by atoms with Crippen LogP contribution in [0.3, 0.4) is 0 Å². The first-order valence-electron chi connectivity index (χ1n) is 25.2. The lowest BCUT2D eigenvalue weighted by Gasteiger charge is -2.31. The summed E-state index contributed by atoms with van der Waals surface area (Å²) in [7, 11) is 8.41. The Hall–Kier alpha value is -5.66. The summed E-state index contributed by atoms with van der Waals surface area (Å²) < 4.78 is 3.80. The van der Waals surface area contributed by atoms with Crippen molar-refractivity contribution in [3.8, 4) is 0 Å². The highest BCUT2D eigenvalue weighted by Crippen LogP contribution is 2.42. The molecule has 6 aromatic rings. The molecule has 2 aliphatic heterocycles. The van der Waals surface area contributed by atoms with Crippen LogP contribution in [-0.4, -0.2) is 202 Å². The van der Waals surface area contributed by atoms with Crippen LogP contribution in [0, 0.1) is 0 Å². The number of aromatic nitrogens is 14. The molecule has 6 aromatic heterocycles. The summed E-state index contributed by atoms with van der Waals surface area (Å²) in [6.07, 6.45) is 10.2. The van der Waals surface area contributed by atoms with Crippen LogP contribution in [-0.2, 0) is 12.8 Å². The van der Waals surface area contributed by atoms with Gasteiger partial charge in [-0.25, -0.2) is 9.97 Å². The van der Waals surface area contributed by atoms with Crippen molar-refractivity contribution < 1.29 is 20.4 Å². The van der Waals surface area contributed by atoms with E-state index in [4.69, 9.17) is 29.9 Å². The van der Waals surface area contributed by atoms with Crippen molar-refractivity contribution in [1.29, 1.82) is 0 Å². The van der Waals surface area contributed by atoms with Crippen molar-refractivity contribution in [2.45, 2.75) is 151 Å². The largest absolute Gasteiger partial charge is 0.388 e. The molecule has 376 valence electrons. The number of anilines is 4. The van der Waals surface area contributed by atoms with Crippen LogP contribution in [0.25, 0.3) is 22.3 Å². The lowest BCUT2D eigenvalue weighted by atomic mass is 9.91. The summed E-state index contributed by atoms with van der Waals surface area (Å²) in [4.78, 5) is 42.3. The zero-order valence-corrected chi connectivity index (χ0v) is 41.0. The Morgan fingerprint density at radius 2 is 0.957 bits per heavy atom. The molecule has 0 aromatic carbocycles. The van der Waals surface area contributed by atoms with E-state index >= 15 is 0 Å². The van der Waals surface area contributed by atoms with E-state index in [1.165, 1.54) is 9.59 Å². The lowest BCUT2D eigenvalue weighted by molar-refractivity contribution is 0.00497. The topological polar surface area (TPSA) is 267 Å². The molecule has 5 aliphatic rings. The Kier molecular flexibility index (Phi) is 12.6. The first kappa shape index (κ1) is 46.7. The number of hydrogen-bond acceptors (Lipinski definition) is 20. The number of nitrogens with one attached hydrogen (secondary N) is 2. The molecule has 0 bridgehead atoms. The van der Waals surface area contributed by atoms with E-state index in [1.54, 1.807) is 25.0 Å². The zero-order valence-electron chi connectivity index (χ0n) is 41.0. The third kappa shape index (κ3) is 8.48. The number of hydrogen-bond donors (Lipinski definition) is 6. The van der Waals surface area contributed by atoms with Crippen molar-refractivity contribution >= 4 is 45.9 Å². The average Bonchev–Trinajstić information content (AvgIpc) is 4.22. The number of aliphatic hydroxyl groups is 4. The van der Waals surface area contributed by atoms with E-state index in [-0.39, 0.29) is 12.1 Å². The van der Waals surface area contributed by atoms with Gasteiger partial charge in [-0.05, 0) is 92.4 Å². The van der Waals surface area contributed by atoms with Crippen LogP contribution in [0.2, 0.25) is 0 Å². The Bertz CT molecular complexity index is 2590. The predicted molar refractivity (Wildman–Crippen MR) is 261 cm³/mol. The summed E-state index contributed by atoms with van der Waals surface area (Å²) in [5.74, 6) is 2.52. The van der Waals surface area contributed by atoms with E-state index < -0.39 is 48.6 Å². The van der Waals surface area contributed by atoms with Crippen molar-refractivity contribution in [3.05, 3.63) is 36.4 Å². The monoisotopic (exact) mass is 965 g/mol. The highest BCUT2D eigenvalue weighted by Gasteiger charge is 2.47. The maximum Gasteiger partial charge on any atom is 0.229 e. The highest BCUT2D eigenvalue weighted by atomic mass is 16.3. The summed E-state index contributed by atoms with van der Waals surface area (Å²) >= 11 is 0. The number of fused-ring (bicyclic) bond motifs is 2. The van der Waals surface area contributed by atoms with Gasteiger partial charge in [-0.3, -0.25) is 0 Å². The van der Waals surface area contributed by atoms with Crippen LogP contribution < -0.4 is 20.4 Å². The van der Waals surface area contributed by atoms with Crippen LogP contribution in [0.5, 0.6) is 0 Å². The summed E-state index contributed by atoms with van der Waals surface area (Å²) in [5.41, 5.74) is 4.10. The molecular weight excluding hydrogens is 897 g/mol. The number of imidazole rings is 2. The molecule has 24 nitrogen and oxygen atoms in total. The number of nitrogens with zero attached hydrogens (tertiary/aromatic N) is 18. The number of aryl methyl sites for hydroxylation is 2. The third-order valence-electron chi connectivity index (χ3n) is 16.0. The predicted octanol–water partition coefficient (Wildman–Crippen LogP) is 1.21. The van der Waals surface area contributed by atoms with E-state index in [0.29, 0.717) is 70.8 Å². The van der Waals surface area contributed by atoms with E-state index in [9.17, 15) is 20.4 Å². The first-order valence-corrected chi connectivity index (χ1v) is 25.2. The van der Waals surface area contributed by atoms with Crippen LogP contribution in [0.4, 0.5) is 23.5 Å². The summed E-state index contributed by atoms with van der Waals surface area (Å²) in [5, 5.41) is 71.2. The molecule has 6 N–H and O–H groups in total. The second kappa shape index (κ2) is 18.8. The van der Waals surface area contributed by atoms with Gasteiger partial charge in [0.1, 0.15) is 36.5 Å². The fourth-order valence-corrected chi connectivity index (χ4v) is 11.5. The van der Waals surface area contributed by atoms with Crippen LogP contribution in [0.15, 0.2) is 25.0 Å². The molecule has 10 atom stereocenters. The molecule has 8 heterocycles. The van der Waals surface area contributed by atoms with E-state index in [2.05, 4.69) is 78.8 Å². The van der Waals surface area contributed by atoms with Crippen molar-refractivity contribution in [2.24, 2.45) is 0 Å². The van der Waals surface area contributed by atoms with Crippen LogP contribution >= 0.6 is 0 Å².